The summed E-state index contributed by atoms with van der Waals surface area (Å²) in [7, 11) is -3.27. The van der Waals surface area contributed by atoms with Crippen LogP contribution in [0.5, 0.6) is 0 Å². The van der Waals surface area contributed by atoms with Gasteiger partial charge in [-0.15, -0.1) is 0 Å². The predicted octanol–water partition coefficient (Wildman–Crippen LogP) is -0.271. The molecule has 0 unspecified atom stereocenters. The van der Waals surface area contributed by atoms with Gasteiger partial charge in [0.1, 0.15) is 0 Å². The maximum Gasteiger partial charge on any atom is 0.233 e. The highest BCUT2D eigenvalue weighted by atomic mass is 32.2. The number of hydrogen-bond donors (Lipinski definition) is 2. The Morgan fingerprint density at radius 3 is 2.61 bits per heavy atom. The molecule has 1 aromatic rings. The number of nitrogens with zero attached hydrogens (tertiary/aromatic N) is 2. The zero-order chi connectivity index (χ0) is 12.8. The summed E-state index contributed by atoms with van der Waals surface area (Å²) in [6.07, 6.45) is 3.13. The van der Waals surface area contributed by atoms with Crippen LogP contribution in [0.3, 0.4) is 0 Å². The molecule has 18 heavy (non-hydrogen) atoms. The van der Waals surface area contributed by atoms with E-state index in [1.165, 1.54) is 0 Å². The van der Waals surface area contributed by atoms with Gasteiger partial charge < -0.3 is 5.32 Å². The summed E-state index contributed by atoms with van der Waals surface area (Å²) in [6.45, 7) is 4.24. The average Bonchev–Trinajstić information content (AvgIpc) is 2.38. The molecular formula is C11H18N4O2S. The van der Waals surface area contributed by atoms with E-state index in [0.717, 1.165) is 26.2 Å². The first kappa shape index (κ1) is 13.3. The summed E-state index contributed by atoms with van der Waals surface area (Å²) in [5.74, 6) is 0.120. The van der Waals surface area contributed by atoms with E-state index in [1.807, 2.05) is 0 Å². The Kier molecular flexibility index (Phi) is 4.51. The molecule has 0 amide bonds. The molecule has 0 aromatic carbocycles. The molecule has 0 saturated carbocycles. The van der Waals surface area contributed by atoms with Crippen LogP contribution in [0.4, 0.5) is 5.69 Å². The fraction of sp³-hybridized carbons (Fsp3) is 0.545. The van der Waals surface area contributed by atoms with Crippen molar-refractivity contribution in [1.29, 1.82) is 0 Å². The van der Waals surface area contributed by atoms with E-state index < -0.39 is 10.0 Å². The molecule has 2 heterocycles. The van der Waals surface area contributed by atoms with E-state index in [1.54, 1.807) is 24.5 Å². The Morgan fingerprint density at radius 1 is 1.28 bits per heavy atom. The monoisotopic (exact) mass is 270 g/mol. The lowest BCUT2D eigenvalue weighted by Crippen LogP contribution is -2.45. The lowest BCUT2D eigenvalue weighted by atomic mass is 10.4. The van der Waals surface area contributed by atoms with Crippen LogP contribution in [-0.4, -0.2) is 56.8 Å². The second-order valence-electron chi connectivity index (χ2n) is 4.25. The Labute approximate surface area is 107 Å². The van der Waals surface area contributed by atoms with E-state index in [2.05, 4.69) is 19.9 Å². The van der Waals surface area contributed by atoms with Crippen LogP contribution in [0.25, 0.3) is 0 Å². The third-order valence-electron chi connectivity index (χ3n) is 2.84. The summed E-state index contributed by atoms with van der Waals surface area (Å²) < 4.78 is 26.3. The number of sulfonamides is 1. The molecule has 1 saturated heterocycles. The molecule has 0 bridgehead atoms. The highest BCUT2D eigenvalue weighted by Gasteiger charge is 2.15. The first-order valence-corrected chi connectivity index (χ1v) is 7.64. The molecule has 0 radical (unpaired) electrons. The smallest absolute Gasteiger partial charge is 0.233 e. The second kappa shape index (κ2) is 6.12. The van der Waals surface area contributed by atoms with Gasteiger partial charge in [0.25, 0.3) is 0 Å². The maximum absolute atomic E-state index is 11.9. The van der Waals surface area contributed by atoms with Crippen molar-refractivity contribution in [2.24, 2.45) is 0 Å². The normalized spacial score (nSPS) is 17.6. The number of nitrogens with one attached hydrogen (secondary N) is 2. The minimum absolute atomic E-state index is 0.120. The van der Waals surface area contributed by atoms with E-state index in [4.69, 9.17) is 0 Å². The highest BCUT2D eigenvalue weighted by molar-refractivity contribution is 7.92. The van der Waals surface area contributed by atoms with Gasteiger partial charge in [-0.1, -0.05) is 0 Å². The standard InChI is InChI=1S/C11H18N4O2S/c16-18(17,14-11-1-3-12-4-2-11)10-9-15-7-5-13-6-8-15/h1-4,13H,5-10H2,(H,12,14). The van der Waals surface area contributed by atoms with Gasteiger partial charge in [-0.2, -0.15) is 0 Å². The van der Waals surface area contributed by atoms with Gasteiger partial charge in [-0.25, -0.2) is 8.42 Å². The van der Waals surface area contributed by atoms with Crippen LogP contribution >= 0.6 is 0 Å². The van der Waals surface area contributed by atoms with E-state index in [-0.39, 0.29) is 5.75 Å². The van der Waals surface area contributed by atoms with E-state index >= 15 is 0 Å². The molecule has 100 valence electrons. The van der Waals surface area contributed by atoms with Crippen molar-refractivity contribution >= 4 is 15.7 Å². The molecular weight excluding hydrogens is 252 g/mol. The van der Waals surface area contributed by atoms with E-state index in [0.29, 0.717) is 12.2 Å². The van der Waals surface area contributed by atoms with Gasteiger partial charge in [-0.3, -0.25) is 14.6 Å². The molecule has 1 aliphatic rings. The topological polar surface area (TPSA) is 74.3 Å². The third kappa shape index (κ3) is 4.25. The van der Waals surface area contributed by atoms with Crippen molar-refractivity contribution in [3.8, 4) is 0 Å². The van der Waals surface area contributed by atoms with Crippen molar-refractivity contribution in [2.75, 3.05) is 43.2 Å². The molecule has 2 N–H and O–H groups in total. The summed E-state index contributed by atoms with van der Waals surface area (Å²) >= 11 is 0. The first-order chi connectivity index (χ1) is 8.66. The molecule has 0 spiro atoms. The maximum atomic E-state index is 11.9. The van der Waals surface area contributed by atoms with Gasteiger partial charge in [-0.05, 0) is 12.1 Å². The molecule has 7 heteroatoms. The van der Waals surface area contributed by atoms with Gasteiger partial charge in [0.15, 0.2) is 0 Å². The molecule has 0 atom stereocenters. The van der Waals surface area contributed by atoms with Crippen molar-refractivity contribution < 1.29 is 8.42 Å². The van der Waals surface area contributed by atoms with Gasteiger partial charge >= 0.3 is 0 Å². The molecule has 1 aromatic heterocycles. The molecule has 1 fully saturated rings. The van der Waals surface area contributed by atoms with Crippen LogP contribution in [0.2, 0.25) is 0 Å². The largest absolute Gasteiger partial charge is 0.314 e. The van der Waals surface area contributed by atoms with Gasteiger partial charge in [0.05, 0.1) is 11.4 Å². The quantitative estimate of drug-likeness (QED) is 0.770. The number of piperazine rings is 1. The summed E-state index contributed by atoms with van der Waals surface area (Å²) in [4.78, 5) is 6.00. The molecule has 6 nitrogen and oxygen atoms in total. The first-order valence-electron chi connectivity index (χ1n) is 5.99. The van der Waals surface area contributed by atoms with Crippen LogP contribution in [0.1, 0.15) is 0 Å². The van der Waals surface area contributed by atoms with Crippen molar-refractivity contribution in [3.63, 3.8) is 0 Å². The van der Waals surface area contributed by atoms with Crippen molar-refractivity contribution in [2.45, 2.75) is 0 Å². The number of anilines is 1. The Morgan fingerprint density at radius 2 is 1.94 bits per heavy atom. The Bertz CT molecular complexity index is 457. The molecule has 1 aliphatic heterocycles. The number of rotatable bonds is 5. The van der Waals surface area contributed by atoms with Crippen molar-refractivity contribution in [3.05, 3.63) is 24.5 Å². The predicted molar refractivity (Wildman–Crippen MR) is 71.0 cm³/mol. The zero-order valence-corrected chi connectivity index (χ0v) is 11.0. The average molecular weight is 270 g/mol. The number of hydrogen-bond acceptors (Lipinski definition) is 5. The Hall–Kier alpha value is -1.18. The molecule has 2 rings (SSSR count). The van der Waals surface area contributed by atoms with Crippen LogP contribution in [0, 0.1) is 0 Å². The SMILES string of the molecule is O=S(=O)(CCN1CCNCC1)Nc1ccncc1. The van der Waals surface area contributed by atoms with Gasteiger partial charge in [0.2, 0.25) is 10.0 Å². The highest BCUT2D eigenvalue weighted by Crippen LogP contribution is 2.07. The summed E-state index contributed by atoms with van der Waals surface area (Å²) in [6, 6.07) is 3.28. The van der Waals surface area contributed by atoms with Gasteiger partial charge in [0, 0.05) is 45.1 Å². The lowest BCUT2D eigenvalue weighted by Gasteiger charge is -2.26. The van der Waals surface area contributed by atoms with Crippen molar-refractivity contribution in [1.82, 2.24) is 15.2 Å². The third-order valence-corrected chi connectivity index (χ3v) is 4.11. The summed E-state index contributed by atoms with van der Waals surface area (Å²) in [5.41, 5.74) is 0.560. The van der Waals surface area contributed by atoms with Crippen LogP contribution in [0.15, 0.2) is 24.5 Å². The lowest BCUT2D eigenvalue weighted by molar-refractivity contribution is 0.254. The van der Waals surface area contributed by atoms with E-state index in [9.17, 15) is 8.42 Å². The minimum atomic E-state index is -3.27. The second-order valence-corrected chi connectivity index (χ2v) is 6.09. The van der Waals surface area contributed by atoms with Crippen LogP contribution in [-0.2, 0) is 10.0 Å². The van der Waals surface area contributed by atoms with Crippen LogP contribution < -0.4 is 10.0 Å². The minimum Gasteiger partial charge on any atom is -0.314 e. The fourth-order valence-electron chi connectivity index (χ4n) is 1.83. The fourth-order valence-corrected chi connectivity index (χ4v) is 2.93. The number of pyridine rings is 1. The zero-order valence-electron chi connectivity index (χ0n) is 10.2. The summed E-state index contributed by atoms with van der Waals surface area (Å²) in [5, 5.41) is 3.24. The molecule has 0 aliphatic carbocycles. The number of aromatic nitrogens is 1. The Balaban J connectivity index is 1.83.